The highest BCUT2D eigenvalue weighted by Gasteiger charge is 2.58. The van der Waals surface area contributed by atoms with Gasteiger partial charge in [0.2, 0.25) is 11.4 Å². The van der Waals surface area contributed by atoms with E-state index in [1.54, 1.807) is 0 Å². The summed E-state index contributed by atoms with van der Waals surface area (Å²) in [4.78, 5) is 36.2. The Bertz CT molecular complexity index is 468. The fourth-order valence-electron chi connectivity index (χ4n) is 1.87. The lowest BCUT2D eigenvalue weighted by atomic mass is 9.93. The average molecular weight is 315 g/mol. The number of carbonyl (C=O) groups is 3. The number of ketones is 1. The third-order valence-electron chi connectivity index (χ3n) is 4.53. The minimum absolute atomic E-state index is 0.0679. The molecule has 0 unspecified atom stereocenters. The second-order valence-electron chi connectivity index (χ2n) is 7.02. The van der Waals surface area contributed by atoms with Gasteiger partial charge in [-0.05, 0) is 25.1 Å². The van der Waals surface area contributed by atoms with Crippen molar-refractivity contribution in [1.29, 1.82) is 0 Å². The number of carbonyl (C=O) groups excluding carboxylic acids is 3. The van der Waals surface area contributed by atoms with Gasteiger partial charge in [-0.2, -0.15) is 0 Å². The van der Waals surface area contributed by atoms with E-state index < -0.39 is 37.4 Å². The average Bonchev–Trinajstić information content (AvgIpc) is 2.59. The smallest absolute Gasteiger partial charge is 0.341 e. The van der Waals surface area contributed by atoms with Crippen LogP contribution >= 0.6 is 0 Å². The highest BCUT2D eigenvalue weighted by Crippen LogP contribution is 2.37. The van der Waals surface area contributed by atoms with Crippen molar-refractivity contribution < 1.29 is 23.5 Å². The number of hydrogen-bond acceptors (Lipinski definition) is 5. The Kier molecular flexibility index (Phi) is 4.70. The van der Waals surface area contributed by atoms with Crippen molar-refractivity contribution in [3.05, 3.63) is 0 Å². The molecule has 1 aliphatic heterocycles. The van der Waals surface area contributed by atoms with Gasteiger partial charge in [0.1, 0.15) is 0 Å². The number of rotatable bonds is 4. The summed E-state index contributed by atoms with van der Waals surface area (Å²) in [5.74, 6) is -2.60. The van der Waals surface area contributed by atoms with Crippen LogP contribution < -0.4 is 5.32 Å². The van der Waals surface area contributed by atoms with Crippen molar-refractivity contribution in [2.75, 3.05) is 13.7 Å². The number of esters is 1. The topological polar surface area (TPSA) is 81.7 Å². The maximum Gasteiger partial charge on any atom is 0.341 e. The molecule has 0 saturated carbocycles. The maximum atomic E-state index is 12.4. The summed E-state index contributed by atoms with van der Waals surface area (Å²) in [6.07, 6.45) is 0. The molecular weight excluding hydrogens is 290 g/mol. The zero-order valence-corrected chi connectivity index (χ0v) is 14.8. The molecule has 6 nitrogen and oxygen atoms in total. The fourth-order valence-corrected chi connectivity index (χ4v) is 2.88. The summed E-state index contributed by atoms with van der Waals surface area (Å²) in [7, 11) is -0.970. The lowest BCUT2D eigenvalue weighted by Crippen LogP contribution is -2.60. The van der Waals surface area contributed by atoms with Crippen LogP contribution in [0.3, 0.4) is 0 Å². The van der Waals surface area contributed by atoms with Crippen LogP contribution in [-0.2, 0) is 23.5 Å². The molecule has 1 saturated heterocycles. The van der Waals surface area contributed by atoms with Crippen molar-refractivity contribution in [2.45, 2.75) is 51.4 Å². The predicted octanol–water partition coefficient (Wildman–Crippen LogP) is 1.25. The van der Waals surface area contributed by atoms with Crippen molar-refractivity contribution >= 4 is 26.0 Å². The molecule has 1 amide bonds. The molecule has 0 bridgehead atoms. The first-order valence-electron chi connectivity index (χ1n) is 6.98. The molecule has 21 heavy (non-hydrogen) atoms. The normalized spacial score (nSPS) is 26.7. The molecule has 1 aliphatic rings. The lowest BCUT2D eigenvalue weighted by molar-refractivity contribution is -0.154. The Hall–Kier alpha value is -1.21. The van der Waals surface area contributed by atoms with Gasteiger partial charge < -0.3 is 14.5 Å². The first kappa shape index (κ1) is 17.8. The van der Waals surface area contributed by atoms with E-state index in [0.29, 0.717) is 0 Å². The van der Waals surface area contributed by atoms with Gasteiger partial charge in [0.15, 0.2) is 14.1 Å². The van der Waals surface area contributed by atoms with Gasteiger partial charge in [-0.1, -0.05) is 20.8 Å². The Morgan fingerprint density at radius 2 is 1.86 bits per heavy atom. The van der Waals surface area contributed by atoms with E-state index in [0.717, 1.165) is 0 Å². The number of Topliss-reactive ketones (excluding diaryl/α,β-unsaturated/α-hetero) is 1. The second-order valence-corrected chi connectivity index (χ2v) is 11.8. The Labute approximate surface area is 126 Å². The zero-order chi connectivity index (χ0) is 16.6. The summed E-state index contributed by atoms with van der Waals surface area (Å²) in [5.41, 5.74) is -1.71. The lowest BCUT2D eigenvalue weighted by Gasteiger charge is -2.38. The first-order chi connectivity index (χ1) is 9.39. The summed E-state index contributed by atoms with van der Waals surface area (Å²) >= 11 is 0. The number of amides is 1. The molecule has 2 atom stereocenters. The van der Waals surface area contributed by atoms with Gasteiger partial charge in [-0.3, -0.25) is 9.59 Å². The zero-order valence-electron chi connectivity index (χ0n) is 13.8. The van der Waals surface area contributed by atoms with E-state index in [1.807, 2.05) is 13.1 Å². The van der Waals surface area contributed by atoms with Crippen LogP contribution in [0.2, 0.25) is 18.1 Å². The minimum Gasteiger partial charge on any atom is -0.467 e. The van der Waals surface area contributed by atoms with Gasteiger partial charge in [0.05, 0.1) is 19.6 Å². The molecule has 0 spiro atoms. The van der Waals surface area contributed by atoms with E-state index in [1.165, 1.54) is 14.0 Å². The van der Waals surface area contributed by atoms with Crippen LogP contribution in [0.1, 0.15) is 27.7 Å². The Morgan fingerprint density at radius 1 is 1.33 bits per heavy atom. The summed E-state index contributed by atoms with van der Waals surface area (Å²) in [6.45, 7) is 11.5. The quantitative estimate of drug-likeness (QED) is 0.480. The Balaban J connectivity index is 3.06. The molecule has 0 aromatic carbocycles. The third-order valence-corrected chi connectivity index (χ3v) is 9.01. The number of ether oxygens (including phenoxy) is 1. The summed E-state index contributed by atoms with van der Waals surface area (Å²) in [5, 5.41) is 2.41. The largest absolute Gasteiger partial charge is 0.467 e. The number of nitrogens with one attached hydrogen (secondary N) is 1. The highest BCUT2D eigenvalue weighted by molar-refractivity contribution is 6.74. The third kappa shape index (κ3) is 3.03. The molecular formula is C14H25NO5Si. The summed E-state index contributed by atoms with van der Waals surface area (Å²) in [6, 6.07) is 0. The van der Waals surface area contributed by atoms with Gasteiger partial charge >= 0.3 is 5.97 Å². The minimum atomic E-state index is -2.16. The second kappa shape index (κ2) is 5.53. The molecule has 120 valence electrons. The van der Waals surface area contributed by atoms with Crippen molar-refractivity contribution in [3.63, 3.8) is 0 Å². The van der Waals surface area contributed by atoms with E-state index in [-0.39, 0.29) is 11.6 Å². The SMILES string of the molecule is COC(=O)[C@]1(CO[Si](C)(C)C(C)(C)C)NC(=O)[C@@H](C)C1=O. The van der Waals surface area contributed by atoms with Gasteiger partial charge in [0.25, 0.3) is 0 Å². The molecule has 1 heterocycles. The Morgan fingerprint density at radius 3 is 2.19 bits per heavy atom. The molecule has 0 aromatic heterocycles. The molecule has 1 N–H and O–H groups in total. The number of methoxy groups -OCH3 is 1. The van der Waals surface area contributed by atoms with E-state index in [4.69, 9.17) is 9.16 Å². The van der Waals surface area contributed by atoms with E-state index in [2.05, 4.69) is 26.1 Å². The van der Waals surface area contributed by atoms with Crippen LogP contribution in [0.4, 0.5) is 0 Å². The maximum absolute atomic E-state index is 12.4. The monoisotopic (exact) mass is 315 g/mol. The molecule has 7 heteroatoms. The highest BCUT2D eigenvalue weighted by atomic mass is 28.4. The standard InChI is InChI=1S/C14H25NO5Si/c1-9-10(16)14(12(18)19-5,15-11(9)17)8-20-21(6,7)13(2,3)4/h9H,8H2,1-7H3,(H,15,17)/t9-,14+/m0/s1. The predicted molar refractivity (Wildman–Crippen MR) is 80.2 cm³/mol. The van der Waals surface area contributed by atoms with Crippen molar-refractivity contribution in [1.82, 2.24) is 5.32 Å². The molecule has 0 aliphatic carbocycles. The van der Waals surface area contributed by atoms with Gasteiger partial charge in [-0.25, -0.2) is 4.79 Å². The molecule has 0 radical (unpaired) electrons. The number of hydrogen-bond donors (Lipinski definition) is 1. The van der Waals surface area contributed by atoms with Crippen LogP contribution in [0.15, 0.2) is 0 Å². The fraction of sp³-hybridized carbons (Fsp3) is 0.786. The molecule has 1 fully saturated rings. The van der Waals surface area contributed by atoms with Crippen LogP contribution in [0, 0.1) is 5.92 Å². The van der Waals surface area contributed by atoms with Crippen LogP contribution in [-0.4, -0.2) is 45.2 Å². The molecule has 1 rings (SSSR count). The van der Waals surface area contributed by atoms with Gasteiger partial charge in [-0.15, -0.1) is 0 Å². The van der Waals surface area contributed by atoms with Crippen molar-refractivity contribution in [3.8, 4) is 0 Å². The van der Waals surface area contributed by atoms with Crippen LogP contribution in [0.5, 0.6) is 0 Å². The summed E-state index contributed by atoms with van der Waals surface area (Å²) < 4.78 is 10.7. The molecule has 0 aromatic rings. The van der Waals surface area contributed by atoms with E-state index >= 15 is 0 Å². The van der Waals surface area contributed by atoms with E-state index in [9.17, 15) is 14.4 Å². The van der Waals surface area contributed by atoms with Gasteiger partial charge in [0, 0.05) is 0 Å². The van der Waals surface area contributed by atoms with Crippen molar-refractivity contribution in [2.24, 2.45) is 5.92 Å². The first-order valence-corrected chi connectivity index (χ1v) is 9.88. The van der Waals surface area contributed by atoms with Crippen LogP contribution in [0.25, 0.3) is 0 Å².